The van der Waals surface area contributed by atoms with E-state index in [4.69, 9.17) is 18.2 Å². The Labute approximate surface area is 97.9 Å². The van der Waals surface area contributed by atoms with Crippen molar-refractivity contribution in [1.82, 2.24) is 0 Å². The summed E-state index contributed by atoms with van der Waals surface area (Å²) in [6.07, 6.45) is 2.32. The van der Waals surface area contributed by atoms with E-state index in [0.717, 1.165) is 25.0 Å². The first-order valence-corrected chi connectivity index (χ1v) is 5.49. The van der Waals surface area contributed by atoms with Crippen LogP contribution in [0, 0.1) is 24.1 Å². The van der Waals surface area contributed by atoms with Crippen molar-refractivity contribution in [2.45, 2.75) is 25.3 Å². The first-order chi connectivity index (χ1) is 7.61. The van der Waals surface area contributed by atoms with Crippen LogP contribution >= 0.6 is 11.6 Å². The lowest BCUT2D eigenvalue weighted by atomic mass is 10.0. The molecule has 0 radical (unpaired) electrons. The summed E-state index contributed by atoms with van der Waals surface area (Å²) in [6, 6.07) is 1.68. The number of benzene rings is 1. The van der Waals surface area contributed by atoms with Gasteiger partial charge in [-0.1, -0.05) is 11.6 Å². The van der Waals surface area contributed by atoms with E-state index < -0.39 is 11.6 Å². The first kappa shape index (κ1) is 11.3. The summed E-state index contributed by atoms with van der Waals surface area (Å²) in [4.78, 5) is 3.48. The van der Waals surface area contributed by atoms with E-state index in [-0.39, 0.29) is 23.0 Å². The van der Waals surface area contributed by atoms with Gasteiger partial charge < -0.3 is 4.85 Å². The maximum absolute atomic E-state index is 13.5. The lowest BCUT2D eigenvalue weighted by molar-refractivity contribution is 0.560. The van der Waals surface area contributed by atoms with Crippen molar-refractivity contribution in [3.8, 4) is 0 Å². The van der Waals surface area contributed by atoms with E-state index in [0.29, 0.717) is 5.92 Å². The van der Waals surface area contributed by atoms with Crippen molar-refractivity contribution in [2.75, 3.05) is 0 Å². The molecule has 0 aromatic heterocycles. The molecule has 1 aliphatic rings. The summed E-state index contributed by atoms with van der Waals surface area (Å²) in [5.74, 6) is -0.977. The zero-order chi connectivity index (χ0) is 11.7. The van der Waals surface area contributed by atoms with E-state index in [1.807, 2.05) is 0 Å². The SMILES string of the molecule is [C-]#[N+]C(Cc1c(F)cc(F)cc1Cl)C1CC1. The summed E-state index contributed by atoms with van der Waals surface area (Å²) >= 11 is 5.78. The van der Waals surface area contributed by atoms with Crippen LogP contribution < -0.4 is 0 Å². The van der Waals surface area contributed by atoms with Crippen LogP contribution in [0.2, 0.25) is 5.02 Å². The molecule has 0 amide bonds. The third-order valence-corrected chi connectivity index (χ3v) is 3.19. The molecule has 0 aliphatic heterocycles. The monoisotopic (exact) mass is 241 g/mol. The van der Waals surface area contributed by atoms with Gasteiger partial charge in [0.25, 0.3) is 0 Å². The molecule has 1 fully saturated rings. The maximum Gasteiger partial charge on any atom is 0.230 e. The fourth-order valence-corrected chi connectivity index (χ4v) is 2.05. The van der Waals surface area contributed by atoms with Crippen molar-refractivity contribution in [3.05, 3.63) is 45.8 Å². The van der Waals surface area contributed by atoms with E-state index in [1.54, 1.807) is 0 Å². The molecule has 1 unspecified atom stereocenters. The molecule has 1 atom stereocenters. The Bertz CT molecular complexity index is 426. The normalized spacial score (nSPS) is 16.9. The standard InChI is InChI=1S/C12H10ClF2N/c1-16-12(7-2-3-7)6-9-10(13)4-8(14)5-11(9)15/h4-5,7,12H,2-3,6H2. The van der Waals surface area contributed by atoms with Gasteiger partial charge in [-0.3, -0.25) is 0 Å². The topological polar surface area (TPSA) is 4.36 Å². The highest BCUT2D eigenvalue weighted by Gasteiger charge is 2.36. The predicted octanol–water partition coefficient (Wildman–Crippen LogP) is 3.86. The van der Waals surface area contributed by atoms with Crippen LogP contribution in [-0.4, -0.2) is 6.04 Å². The molecular weight excluding hydrogens is 232 g/mol. The van der Waals surface area contributed by atoms with Crippen molar-refractivity contribution in [2.24, 2.45) is 5.92 Å². The maximum atomic E-state index is 13.5. The average molecular weight is 242 g/mol. The first-order valence-electron chi connectivity index (χ1n) is 5.12. The summed E-state index contributed by atoms with van der Waals surface area (Å²) < 4.78 is 26.3. The van der Waals surface area contributed by atoms with Gasteiger partial charge >= 0.3 is 0 Å². The second-order valence-corrected chi connectivity index (χ2v) is 4.49. The Kier molecular flexibility index (Phi) is 3.11. The van der Waals surface area contributed by atoms with Gasteiger partial charge in [0.2, 0.25) is 6.04 Å². The lowest BCUT2D eigenvalue weighted by Crippen LogP contribution is -2.10. The fraction of sp³-hybridized carbons (Fsp3) is 0.417. The molecule has 16 heavy (non-hydrogen) atoms. The molecule has 1 nitrogen and oxygen atoms in total. The summed E-state index contributed by atoms with van der Waals surface area (Å²) in [5, 5.41) is 0.0757. The molecule has 0 saturated heterocycles. The lowest BCUT2D eigenvalue weighted by Gasteiger charge is -2.07. The van der Waals surface area contributed by atoms with Crippen LogP contribution in [0.4, 0.5) is 8.78 Å². The molecule has 84 valence electrons. The Balaban J connectivity index is 2.23. The minimum Gasteiger partial charge on any atom is -0.313 e. The molecule has 1 saturated carbocycles. The molecule has 1 aromatic carbocycles. The van der Waals surface area contributed by atoms with Crippen LogP contribution in [0.1, 0.15) is 18.4 Å². The van der Waals surface area contributed by atoms with Gasteiger partial charge in [0.05, 0.1) is 6.42 Å². The zero-order valence-electron chi connectivity index (χ0n) is 8.51. The smallest absolute Gasteiger partial charge is 0.230 e. The zero-order valence-corrected chi connectivity index (χ0v) is 9.27. The second-order valence-electron chi connectivity index (χ2n) is 4.09. The summed E-state index contributed by atoms with van der Waals surface area (Å²) in [5.41, 5.74) is 0.260. The molecule has 2 rings (SSSR count). The van der Waals surface area contributed by atoms with E-state index >= 15 is 0 Å². The minimum atomic E-state index is -0.683. The van der Waals surface area contributed by atoms with Gasteiger partial charge in [0.1, 0.15) is 11.6 Å². The van der Waals surface area contributed by atoms with E-state index in [2.05, 4.69) is 4.85 Å². The molecule has 1 aliphatic carbocycles. The van der Waals surface area contributed by atoms with Crippen molar-refractivity contribution >= 4 is 11.6 Å². The molecule has 0 bridgehead atoms. The highest BCUT2D eigenvalue weighted by Crippen LogP contribution is 2.37. The van der Waals surface area contributed by atoms with Gasteiger partial charge in [-0.15, -0.1) is 0 Å². The van der Waals surface area contributed by atoms with Gasteiger partial charge in [-0.05, 0) is 18.9 Å². The predicted molar refractivity (Wildman–Crippen MR) is 58.2 cm³/mol. The second kappa shape index (κ2) is 4.39. The third kappa shape index (κ3) is 2.33. The van der Waals surface area contributed by atoms with Crippen molar-refractivity contribution in [3.63, 3.8) is 0 Å². The molecular formula is C12H10ClF2N. The van der Waals surface area contributed by atoms with Crippen LogP contribution in [0.15, 0.2) is 12.1 Å². The molecule has 0 N–H and O–H groups in total. The van der Waals surface area contributed by atoms with Gasteiger partial charge in [-0.25, -0.2) is 15.4 Å². The molecule has 0 heterocycles. The number of rotatable bonds is 3. The van der Waals surface area contributed by atoms with Gasteiger partial charge in [0, 0.05) is 22.6 Å². The number of hydrogen-bond donors (Lipinski definition) is 0. The Hall–Kier alpha value is -1.14. The third-order valence-electron chi connectivity index (χ3n) is 2.85. The van der Waals surface area contributed by atoms with E-state index in [1.165, 1.54) is 0 Å². The van der Waals surface area contributed by atoms with Crippen molar-refractivity contribution in [1.29, 1.82) is 0 Å². The van der Waals surface area contributed by atoms with E-state index in [9.17, 15) is 8.78 Å². The highest BCUT2D eigenvalue weighted by atomic mass is 35.5. The summed E-state index contributed by atoms with van der Waals surface area (Å²) in [7, 11) is 0. The highest BCUT2D eigenvalue weighted by molar-refractivity contribution is 6.31. The molecule has 0 spiro atoms. The Morgan fingerprint density at radius 2 is 2.12 bits per heavy atom. The fourth-order valence-electron chi connectivity index (χ4n) is 1.77. The summed E-state index contributed by atoms with van der Waals surface area (Å²) in [6.45, 7) is 7.05. The van der Waals surface area contributed by atoms with Crippen LogP contribution in [0.5, 0.6) is 0 Å². The Morgan fingerprint density at radius 1 is 1.44 bits per heavy atom. The minimum absolute atomic E-state index is 0.0757. The van der Waals surface area contributed by atoms with Gasteiger partial charge in [0.15, 0.2) is 0 Å². The van der Waals surface area contributed by atoms with Crippen LogP contribution in [-0.2, 0) is 6.42 Å². The van der Waals surface area contributed by atoms with Crippen molar-refractivity contribution < 1.29 is 8.78 Å². The number of nitrogens with zero attached hydrogens (tertiary/aromatic N) is 1. The molecule has 1 aromatic rings. The quantitative estimate of drug-likeness (QED) is 0.708. The van der Waals surface area contributed by atoms with Crippen LogP contribution in [0.3, 0.4) is 0 Å². The van der Waals surface area contributed by atoms with Gasteiger partial charge in [-0.2, -0.15) is 0 Å². The largest absolute Gasteiger partial charge is 0.313 e. The average Bonchev–Trinajstić information content (AvgIpc) is 3.00. The number of halogens is 3. The number of hydrogen-bond acceptors (Lipinski definition) is 0. The Morgan fingerprint density at radius 3 is 2.62 bits per heavy atom. The molecule has 4 heteroatoms. The van der Waals surface area contributed by atoms with Crippen LogP contribution in [0.25, 0.3) is 4.85 Å².